The Kier molecular flexibility index (Phi) is 6.63. The highest BCUT2D eigenvalue weighted by molar-refractivity contribution is 5.78. The van der Waals surface area contributed by atoms with Gasteiger partial charge in [0.05, 0.1) is 31.4 Å². The summed E-state index contributed by atoms with van der Waals surface area (Å²) in [4.78, 5) is 14.7. The fourth-order valence-electron chi connectivity index (χ4n) is 3.15. The predicted octanol–water partition coefficient (Wildman–Crippen LogP) is 2.76. The first-order valence-corrected chi connectivity index (χ1v) is 8.82. The van der Waals surface area contributed by atoms with Crippen molar-refractivity contribution < 1.29 is 14.3 Å². The minimum atomic E-state index is -0.190. The van der Waals surface area contributed by atoms with Gasteiger partial charge in [0.15, 0.2) is 0 Å². The van der Waals surface area contributed by atoms with Crippen molar-refractivity contribution >= 4 is 5.91 Å². The molecule has 0 aliphatic carbocycles. The van der Waals surface area contributed by atoms with Gasteiger partial charge in [-0.1, -0.05) is 25.1 Å². The molecule has 0 radical (unpaired) electrons. The van der Waals surface area contributed by atoms with E-state index in [1.165, 1.54) is 0 Å². The van der Waals surface area contributed by atoms with Gasteiger partial charge in [-0.15, -0.1) is 0 Å². The van der Waals surface area contributed by atoms with E-state index in [-0.39, 0.29) is 17.6 Å². The minimum Gasteiger partial charge on any atom is -0.494 e. The third kappa shape index (κ3) is 5.21. The van der Waals surface area contributed by atoms with Crippen molar-refractivity contribution in [1.82, 2.24) is 10.2 Å². The zero-order valence-electron chi connectivity index (χ0n) is 15.3. The molecule has 1 aliphatic rings. The SMILES string of the molecule is CCOc1ccccc1C(CC)NC(=O)CN1CCOC(C)(C)C1. The Balaban J connectivity index is 1.98. The van der Waals surface area contributed by atoms with Crippen LogP contribution in [-0.4, -0.2) is 49.3 Å². The standard InChI is InChI=1S/C19H30N2O3/c1-5-16(15-9-7-8-10-17(15)23-6-2)20-18(22)13-21-11-12-24-19(3,4)14-21/h7-10,16H,5-6,11-14H2,1-4H3,(H,20,22). The van der Waals surface area contributed by atoms with Crippen LogP contribution in [0.5, 0.6) is 5.75 Å². The molecule has 1 saturated heterocycles. The summed E-state index contributed by atoms with van der Waals surface area (Å²) in [5.41, 5.74) is 0.849. The molecule has 1 aromatic rings. The molecule has 0 saturated carbocycles. The van der Waals surface area contributed by atoms with Crippen LogP contribution in [0.3, 0.4) is 0 Å². The summed E-state index contributed by atoms with van der Waals surface area (Å²) >= 11 is 0. The summed E-state index contributed by atoms with van der Waals surface area (Å²) in [5.74, 6) is 0.894. The van der Waals surface area contributed by atoms with E-state index in [0.717, 1.165) is 30.8 Å². The summed E-state index contributed by atoms with van der Waals surface area (Å²) in [6.07, 6.45) is 0.824. The monoisotopic (exact) mass is 334 g/mol. The number of para-hydroxylation sites is 1. The van der Waals surface area contributed by atoms with Crippen LogP contribution in [0.15, 0.2) is 24.3 Å². The van der Waals surface area contributed by atoms with Crippen LogP contribution in [0.1, 0.15) is 45.7 Å². The Morgan fingerprint density at radius 3 is 2.79 bits per heavy atom. The van der Waals surface area contributed by atoms with E-state index in [0.29, 0.717) is 19.8 Å². The van der Waals surface area contributed by atoms with Crippen LogP contribution < -0.4 is 10.1 Å². The Morgan fingerprint density at radius 1 is 1.38 bits per heavy atom. The average molecular weight is 334 g/mol. The van der Waals surface area contributed by atoms with E-state index in [1.807, 2.05) is 31.2 Å². The zero-order valence-corrected chi connectivity index (χ0v) is 15.3. The van der Waals surface area contributed by atoms with Crippen LogP contribution in [-0.2, 0) is 9.53 Å². The molecule has 1 heterocycles. The second-order valence-electron chi connectivity index (χ2n) is 6.82. The van der Waals surface area contributed by atoms with E-state index in [9.17, 15) is 4.79 Å². The first-order valence-electron chi connectivity index (χ1n) is 8.82. The maximum absolute atomic E-state index is 12.5. The number of nitrogens with zero attached hydrogens (tertiary/aromatic N) is 1. The molecule has 5 heteroatoms. The zero-order chi connectivity index (χ0) is 17.6. The van der Waals surface area contributed by atoms with E-state index in [4.69, 9.17) is 9.47 Å². The van der Waals surface area contributed by atoms with Crippen molar-refractivity contribution in [2.75, 3.05) is 32.8 Å². The van der Waals surface area contributed by atoms with E-state index in [1.54, 1.807) is 0 Å². The quantitative estimate of drug-likeness (QED) is 0.833. The first kappa shape index (κ1) is 18.7. The van der Waals surface area contributed by atoms with Gasteiger partial charge in [0.25, 0.3) is 0 Å². The maximum Gasteiger partial charge on any atom is 0.234 e. The van der Waals surface area contributed by atoms with Crippen LogP contribution in [0.25, 0.3) is 0 Å². The second-order valence-corrected chi connectivity index (χ2v) is 6.82. The van der Waals surface area contributed by atoms with Gasteiger partial charge < -0.3 is 14.8 Å². The maximum atomic E-state index is 12.5. The molecule has 1 amide bonds. The number of amides is 1. The number of benzene rings is 1. The van der Waals surface area contributed by atoms with E-state index >= 15 is 0 Å². The number of carbonyl (C=O) groups excluding carboxylic acids is 1. The molecule has 134 valence electrons. The third-order valence-electron chi connectivity index (χ3n) is 4.21. The van der Waals surface area contributed by atoms with Crippen molar-refractivity contribution in [3.8, 4) is 5.75 Å². The molecule has 0 spiro atoms. The predicted molar refractivity (Wildman–Crippen MR) is 95.3 cm³/mol. The van der Waals surface area contributed by atoms with Crippen LogP contribution in [0, 0.1) is 0 Å². The van der Waals surface area contributed by atoms with E-state index < -0.39 is 0 Å². The fraction of sp³-hybridized carbons (Fsp3) is 0.632. The van der Waals surface area contributed by atoms with Gasteiger partial charge in [-0.05, 0) is 33.3 Å². The lowest BCUT2D eigenvalue weighted by Crippen LogP contribution is -2.51. The lowest BCUT2D eigenvalue weighted by Gasteiger charge is -2.37. The average Bonchev–Trinajstić information content (AvgIpc) is 2.52. The lowest BCUT2D eigenvalue weighted by molar-refractivity contribution is -0.128. The molecule has 1 fully saturated rings. The summed E-state index contributed by atoms with van der Waals surface area (Å²) < 4.78 is 11.4. The van der Waals surface area contributed by atoms with Crippen molar-refractivity contribution in [3.63, 3.8) is 0 Å². The van der Waals surface area contributed by atoms with Crippen LogP contribution >= 0.6 is 0 Å². The van der Waals surface area contributed by atoms with Gasteiger partial charge in [-0.2, -0.15) is 0 Å². The highest BCUT2D eigenvalue weighted by Crippen LogP contribution is 2.27. The normalized spacial score (nSPS) is 18.8. The van der Waals surface area contributed by atoms with Crippen molar-refractivity contribution in [1.29, 1.82) is 0 Å². The van der Waals surface area contributed by atoms with Crippen LogP contribution in [0.2, 0.25) is 0 Å². The molecule has 5 nitrogen and oxygen atoms in total. The summed E-state index contributed by atoms with van der Waals surface area (Å²) in [7, 11) is 0. The number of morpholine rings is 1. The van der Waals surface area contributed by atoms with E-state index in [2.05, 4.69) is 31.0 Å². The Hall–Kier alpha value is -1.59. The number of nitrogens with one attached hydrogen (secondary N) is 1. The highest BCUT2D eigenvalue weighted by Gasteiger charge is 2.28. The summed E-state index contributed by atoms with van der Waals surface area (Å²) in [6.45, 7) is 11.4. The number of carbonyl (C=O) groups is 1. The van der Waals surface area contributed by atoms with Gasteiger partial charge in [0.2, 0.25) is 5.91 Å². The first-order chi connectivity index (χ1) is 11.4. The number of hydrogen-bond acceptors (Lipinski definition) is 4. The minimum absolute atomic E-state index is 0.0331. The molecule has 1 atom stereocenters. The summed E-state index contributed by atoms with van der Waals surface area (Å²) in [6, 6.07) is 7.89. The molecule has 0 bridgehead atoms. The molecule has 1 N–H and O–H groups in total. The molecule has 0 aromatic heterocycles. The van der Waals surface area contributed by atoms with Crippen molar-refractivity contribution in [2.24, 2.45) is 0 Å². The van der Waals surface area contributed by atoms with Gasteiger partial charge in [0.1, 0.15) is 5.75 Å². The molecule has 1 aromatic carbocycles. The number of ether oxygens (including phenoxy) is 2. The topological polar surface area (TPSA) is 50.8 Å². The largest absolute Gasteiger partial charge is 0.494 e. The highest BCUT2D eigenvalue weighted by atomic mass is 16.5. The van der Waals surface area contributed by atoms with Crippen LogP contribution in [0.4, 0.5) is 0 Å². The number of rotatable bonds is 7. The fourth-order valence-corrected chi connectivity index (χ4v) is 3.15. The van der Waals surface area contributed by atoms with Gasteiger partial charge in [0, 0.05) is 18.7 Å². The molecule has 2 rings (SSSR count). The second kappa shape index (κ2) is 8.49. The lowest BCUT2D eigenvalue weighted by atomic mass is 10.0. The van der Waals surface area contributed by atoms with Crippen molar-refractivity contribution in [2.45, 2.75) is 45.8 Å². The summed E-state index contributed by atoms with van der Waals surface area (Å²) in [5, 5.41) is 3.16. The molecule has 24 heavy (non-hydrogen) atoms. The van der Waals surface area contributed by atoms with Crippen molar-refractivity contribution in [3.05, 3.63) is 29.8 Å². The third-order valence-corrected chi connectivity index (χ3v) is 4.21. The molecule has 1 unspecified atom stereocenters. The van der Waals surface area contributed by atoms with Gasteiger partial charge >= 0.3 is 0 Å². The Morgan fingerprint density at radius 2 is 2.12 bits per heavy atom. The number of hydrogen-bond donors (Lipinski definition) is 1. The Labute approximate surface area is 145 Å². The van der Waals surface area contributed by atoms with Gasteiger partial charge in [-0.3, -0.25) is 9.69 Å². The molecular formula is C19H30N2O3. The van der Waals surface area contributed by atoms with Gasteiger partial charge in [-0.25, -0.2) is 0 Å². The molecule has 1 aliphatic heterocycles. The Bertz CT molecular complexity index is 545. The molecular weight excluding hydrogens is 304 g/mol. The smallest absolute Gasteiger partial charge is 0.234 e.